The highest BCUT2D eigenvalue weighted by molar-refractivity contribution is 7.16. The lowest BCUT2D eigenvalue weighted by atomic mass is 9.95. The fourth-order valence-corrected chi connectivity index (χ4v) is 14.1. The number of hydrogen-bond donors (Lipinski definition) is 0. The van der Waals surface area contributed by atoms with E-state index in [1.165, 1.54) is 57.3 Å². The number of likely N-dealkylation sites (tertiary alicyclic amines) is 1. The highest BCUT2D eigenvalue weighted by atomic mass is 32.1. The van der Waals surface area contributed by atoms with Gasteiger partial charge in [-0.2, -0.15) is 0 Å². The van der Waals surface area contributed by atoms with Crippen LogP contribution >= 0.6 is 45.3 Å². The first-order valence-electron chi connectivity index (χ1n) is 32.3. The quantitative estimate of drug-likeness (QED) is 0.102. The predicted octanol–water partition coefficient (Wildman–Crippen LogP) is 21.6. The largest absolute Gasteiger partial charge is 0.342 e. The predicted molar refractivity (Wildman–Crippen MR) is 386 cm³/mol. The first-order chi connectivity index (χ1) is 43.9. The maximum absolute atomic E-state index is 14.6. The Balaban J connectivity index is 0.000000199. The molecule has 0 saturated carbocycles. The third-order valence-corrected chi connectivity index (χ3v) is 22.2. The van der Waals surface area contributed by atoms with Crippen molar-refractivity contribution in [2.24, 2.45) is 0 Å². The number of piperidine rings is 1. The van der Waals surface area contributed by atoms with Gasteiger partial charge in [-0.25, -0.2) is 22.0 Å². The summed E-state index contributed by atoms with van der Waals surface area (Å²) < 4.78 is 69.7. The maximum atomic E-state index is 14.6. The minimum Gasteiger partial charge on any atom is -0.342 e. The molecule has 9 rings (SSSR count). The van der Waals surface area contributed by atoms with Crippen molar-refractivity contribution < 1.29 is 41.1 Å². The van der Waals surface area contributed by atoms with Crippen molar-refractivity contribution in [3.05, 3.63) is 187 Å². The smallest absolute Gasteiger partial charge is 0.256 e. The Morgan fingerprint density at radius 1 is 0.426 bits per heavy atom. The second kappa shape index (κ2) is 32.3. The van der Waals surface area contributed by atoms with Gasteiger partial charge in [0.2, 0.25) is 0 Å². The lowest BCUT2D eigenvalue weighted by Gasteiger charge is -2.31. The number of amides is 4. The van der Waals surface area contributed by atoms with Crippen LogP contribution in [0.15, 0.2) is 127 Å². The molecule has 4 aromatic heterocycles. The van der Waals surface area contributed by atoms with Gasteiger partial charge in [-0.1, -0.05) is 127 Å². The third-order valence-electron chi connectivity index (χ3n) is 15.9. The molecular formula is C77H95F5N4O4S4. The number of halogens is 5. The zero-order valence-corrected chi connectivity index (χ0v) is 61.4. The Hall–Kier alpha value is -6.79. The molecule has 5 heterocycles. The molecule has 94 heavy (non-hydrogen) atoms. The van der Waals surface area contributed by atoms with Crippen molar-refractivity contribution >= 4 is 69.0 Å². The number of nitrogens with zero attached hydrogens (tertiary/aromatic N) is 4. The van der Waals surface area contributed by atoms with Gasteiger partial charge in [-0.05, 0) is 168 Å². The van der Waals surface area contributed by atoms with E-state index in [9.17, 15) is 41.1 Å². The molecule has 17 heteroatoms. The Morgan fingerprint density at radius 2 is 0.713 bits per heavy atom. The summed E-state index contributed by atoms with van der Waals surface area (Å²) in [6.45, 7) is 36.5. The van der Waals surface area contributed by atoms with Gasteiger partial charge in [0.15, 0.2) is 0 Å². The van der Waals surface area contributed by atoms with Crippen LogP contribution in [0.1, 0.15) is 197 Å². The Morgan fingerprint density at radius 3 is 0.979 bits per heavy atom. The van der Waals surface area contributed by atoms with E-state index in [0.29, 0.717) is 31.7 Å². The molecule has 0 bridgehead atoms. The van der Waals surface area contributed by atoms with Crippen molar-refractivity contribution in [1.82, 2.24) is 19.6 Å². The van der Waals surface area contributed by atoms with Gasteiger partial charge >= 0.3 is 0 Å². The monoisotopic (exact) mass is 1360 g/mol. The molecule has 0 unspecified atom stereocenters. The summed E-state index contributed by atoms with van der Waals surface area (Å²) in [6, 6.07) is 38.7. The summed E-state index contributed by atoms with van der Waals surface area (Å²) >= 11 is 6.76. The summed E-state index contributed by atoms with van der Waals surface area (Å²) in [5.41, 5.74) is 4.87. The third kappa shape index (κ3) is 20.4. The van der Waals surface area contributed by atoms with E-state index in [4.69, 9.17) is 0 Å². The first kappa shape index (κ1) is 76.2. The van der Waals surface area contributed by atoms with Gasteiger partial charge in [0.05, 0.1) is 16.7 Å². The summed E-state index contributed by atoms with van der Waals surface area (Å²) in [6.07, 6.45) is 1.25. The van der Waals surface area contributed by atoms with Crippen LogP contribution in [0.5, 0.6) is 0 Å². The molecule has 8 aromatic rings. The molecule has 0 atom stereocenters. The van der Waals surface area contributed by atoms with Crippen molar-refractivity contribution in [2.45, 2.75) is 164 Å². The Kier molecular flexibility index (Phi) is 26.2. The van der Waals surface area contributed by atoms with E-state index in [1.807, 2.05) is 76.2 Å². The number of benzene rings is 4. The van der Waals surface area contributed by atoms with Crippen LogP contribution in [0.25, 0.3) is 41.8 Å². The Labute approximate surface area is 571 Å². The van der Waals surface area contributed by atoms with Gasteiger partial charge in [-0.3, -0.25) is 19.2 Å². The van der Waals surface area contributed by atoms with Crippen LogP contribution < -0.4 is 0 Å². The molecule has 4 amide bonds. The fraction of sp³-hybridized carbons (Fsp3) is 0.429. The second-order valence-corrected chi connectivity index (χ2v) is 32.2. The zero-order chi connectivity index (χ0) is 69.8. The van der Waals surface area contributed by atoms with Crippen molar-refractivity contribution in [2.75, 3.05) is 53.4 Å². The van der Waals surface area contributed by atoms with E-state index in [0.717, 1.165) is 49.7 Å². The molecule has 506 valence electrons. The number of hydrogen-bond acceptors (Lipinski definition) is 8. The van der Waals surface area contributed by atoms with Gasteiger partial charge < -0.3 is 19.6 Å². The van der Waals surface area contributed by atoms with Crippen molar-refractivity contribution in [3.63, 3.8) is 0 Å². The van der Waals surface area contributed by atoms with Crippen LogP contribution in [-0.4, -0.2) is 103 Å². The lowest BCUT2D eigenvalue weighted by Crippen LogP contribution is -2.42. The van der Waals surface area contributed by atoms with Crippen LogP contribution in [-0.2, 0) is 21.7 Å². The molecule has 0 aliphatic carbocycles. The normalized spacial score (nSPS) is 13.2. The summed E-state index contributed by atoms with van der Waals surface area (Å²) in [5, 5.41) is 0. The molecule has 0 N–H and O–H groups in total. The number of rotatable bonds is 14. The Bertz CT molecular complexity index is 3720. The SMILES string of the molecule is CC(C)(C)c1ccc(-c2ccc(C(=O)N3CCC(F)(F)CC3)cc2)s1.CCCN(CCC)C(=O)c1ccc(-c2ccc(C(C)(C)C)s2)cc1F.CCN(C)C(=O)c1ccc(-c2ccc(C(C)(C)C)s2)cc1F.CCN(C)C(=O)c1ccc(-c2ccc(C(C)(C)C)s2)cc1F. The molecule has 8 nitrogen and oxygen atoms in total. The number of thiophene rings is 4. The molecule has 1 aliphatic rings. The van der Waals surface area contributed by atoms with E-state index in [2.05, 4.69) is 113 Å². The van der Waals surface area contributed by atoms with Crippen molar-refractivity contribution in [1.29, 1.82) is 0 Å². The summed E-state index contributed by atoms with van der Waals surface area (Å²) in [5.74, 6) is -4.95. The average molecular weight is 1360 g/mol. The van der Waals surface area contributed by atoms with Gasteiger partial charge in [0.25, 0.3) is 29.6 Å². The number of carbonyl (C=O) groups is 4. The molecule has 0 radical (unpaired) electrons. The molecule has 1 saturated heterocycles. The lowest BCUT2D eigenvalue weighted by molar-refractivity contribution is -0.0494. The standard InChI is InChI=1S/C21H28FNOS.C20H23F2NOS.2C18H22FNOS/c1-6-12-23(13-7-2)20(24)16-9-8-15(14-17(16)22)18-10-11-19(25-18)21(3,4)5;1-19(2,3)17-9-8-16(25-17)14-4-6-15(7-5-14)18(24)23-12-10-20(21,22)11-13-23;2*1-6-20(5)17(21)13-8-7-12(11-14(13)19)15-9-10-16(22-15)18(2,3)4/h8-11,14H,6-7,12-13H2,1-5H3;4-9H,10-13H2,1-3H3;2*7-11H,6H2,1-5H3. The van der Waals surface area contributed by atoms with E-state index >= 15 is 0 Å². The molecular weight excluding hydrogens is 1270 g/mol. The fourth-order valence-electron chi connectivity index (χ4n) is 9.83. The number of carbonyl (C=O) groups excluding carboxylic acids is 4. The van der Waals surface area contributed by atoms with E-state index < -0.39 is 23.4 Å². The first-order valence-corrected chi connectivity index (χ1v) is 35.6. The maximum Gasteiger partial charge on any atom is 0.256 e. The summed E-state index contributed by atoms with van der Waals surface area (Å²) in [7, 11) is 3.34. The number of alkyl halides is 2. The van der Waals surface area contributed by atoms with Crippen LogP contribution in [0.2, 0.25) is 0 Å². The van der Waals surface area contributed by atoms with Crippen LogP contribution in [0.3, 0.4) is 0 Å². The van der Waals surface area contributed by atoms with Crippen LogP contribution in [0, 0.1) is 17.5 Å². The molecule has 0 spiro atoms. The minimum atomic E-state index is -2.63. The highest BCUT2D eigenvalue weighted by Gasteiger charge is 2.36. The van der Waals surface area contributed by atoms with Crippen molar-refractivity contribution in [3.8, 4) is 41.8 Å². The van der Waals surface area contributed by atoms with E-state index in [1.54, 1.807) is 94.7 Å². The average Bonchev–Trinajstić information content (AvgIpc) is 1.82. The highest BCUT2D eigenvalue weighted by Crippen LogP contribution is 2.40. The zero-order valence-electron chi connectivity index (χ0n) is 58.1. The summed E-state index contributed by atoms with van der Waals surface area (Å²) in [4.78, 5) is 64.8. The van der Waals surface area contributed by atoms with Gasteiger partial charge in [0, 0.05) is 111 Å². The topological polar surface area (TPSA) is 81.2 Å². The van der Waals surface area contributed by atoms with Crippen LogP contribution in [0.4, 0.5) is 22.0 Å². The second-order valence-electron chi connectivity index (χ2n) is 27.9. The van der Waals surface area contributed by atoms with Gasteiger partial charge in [-0.15, -0.1) is 45.3 Å². The molecule has 4 aromatic carbocycles. The minimum absolute atomic E-state index is 0.0815. The molecule has 1 aliphatic heterocycles. The van der Waals surface area contributed by atoms with E-state index in [-0.39, 0.29) is 87.9 Å². The van der Waals surface area contributed by atoms with Gasteiger partial charge in [0.1, 0.15) is 17.5 Å². The molecule has 1 fully saturated rings.